The van der Waals surface area contributed by atoms with Gasteiger partial charge in [-0.05, 0) is 12.3 Å². The fraction of sp³-hybridized carbons (Fsp3) is 1.00. The van der Waals surface area contributed by atoms with Crippen molar-refractivity contribution in [2.24, 2.45) is 11.7 Å². The van der Waals surface area contributed by atoms with Gasteiger partial charge in [-0.25, -0.2) is 13.1 Å². The molecule has 1 unspecified atom stereocenters. The number of hydrogen-bond donors (Lipinski definition) is 2. The first-order valence-electron chi connectivity index (χ1n) is 5.70. The smallest absolute Gasteiger partial charge is 0.215 e. The number of nitrogens with two attached hydrogens (primary N) is 1. The van der Waals surface area contributed by atoms with Crippen LogP contribution in [0.25, 0.3) is 0 Å². The molecular weight excluding hydrogens is 212 g/mol. The first-order valence-corrected chi connectivity index (χ1v) is 7.24. The molecule has 0 radical (unpaired) electrons. The summed E-state index contributed by atoms with van der Waals surface area (Å²) in [7, 11) is -3.21. The minimum absolute atomic E-state index is 0.189. The third-order valence-corrected chi connectivity index (χ3v) is 4.86. The summed E-state index contributed by atoms with van der Waals surface area (Å²) in [6.07, 6.45) is 2.56. The molecule has 0 aromatic rings. The molecular formula is C10H24N2O2S. The van der Waals surface area contributed by atoms with Crippen molar-refractivity contribution in [2.45, 2.75) is 45.3 Å². The van der Waals surface area contributed by atoms with E-state index in [9.17, 15) is 8.42 Å². The second-order valence-electron chi connectivity index (χ2n) is 3.84. The summed E-state index contributed by atoms with van der Waals surface area (Å²) in [5.41, 5.74) is 5.42. The lowest BCUT2D eigenvalue weighted by atomic mass is 10.0. The Labute approximate surface area is 93.7 Å². The fourth-order valence-electron chi connectivity index (χ4n) is 1.44. The Balaban J connectivity index is 4.25. The molecule has 0 aromatic heterocycles. The predicted molar refractivity (Wildman–Crippen MR) is 64.1 cm³/mol. The van der Waals surface area contributed by atoms with Crippen LogP contribution in [0.5, 0.6) is 0 Å². The van der Waals surface area contributed by atoms with Crippen molar-refractivity contribution in [2.75, 3.05) is 13.1 Å². The van der Waals surface area contributed by atoms with Crippen LogP contribution in [0.15, 0.2) is 0 Å². The Morgan fingerprint density at radius 2 is 1.67 bits per heavy atom. The average molecular weight is 236 g/mol. The summed E-state index contributed by atoms with van der Waals surface area (Å²) >= 11 is 0. The molecule has 0 heterocycles. The van der Waals surface area contributed by atoms with Crippen molar-refractivity contribution in [3.8, 4) is 0 Å². The summed E-state index contributed by atoms with van der Waals surface area (Å²) < 4.78 is 26.1. The van der Waals surface area contributed by atoms with Gasteiger partial charge >= 0.3 is 0 Å². The van der Waals surface area contributed by atoms with Crippen LogP contribution in [0.2, 0.25) is 0 Å². The molecule has 0 rings (SSSR count). The van der Waals surface area contributed by atoms with Crippen molar-refractivity contribution >= 4 is 10.0 Å². The van der Waals surface area contributed by atoms with Gasteiger partial charge < -0.3 is 5.73 Å². The molecule has 0 bridgehead atoms. The highest BCUT2D eigenvalue weighted by molar-refractivity contribution is 7.90. The van der Waals surface area contributed by atoms with Gasteiger partial charge in [-0.3, -0.25) is 0 Å². The maximum atomic E-state index is 11.7. The van der Waals surface area contributed by atoms with Crippen molar-refractivity contribution in [1.29, 1.82) is 0 Å². The maximum Gasteiger partial charge on any atom is 0.215 e. The van der Waals surface area contributed by atoms with Crippen molar-refractivity contribution in [3.63, 3.8) is 0 Å². The van der Waals surface area contributed by atoms with Crippen LogP contribution in [-0.4, -0.2) is 26.8 Å². The second-order valence-corrected chi connectivity index (χ2v) is 5.89. The highest BCUT2D eigenvalue weighted by Gasteiger charge is 2.22. The molecule has 0 aliphatic carbocycles. The molecule has 0 fully saturated rings. The zero-order valence-electron chi connectivity index (χ0n) is 9.99. The van der Waals surface area contributed by atoms with E-state index >= 15 is 0 Å². The van der Waals surface area contributed by atoms with Crippen molar-refractivity contribution in [1.82, 2.24) is 4.72 Å². The van der Waals surface area contributed by atoms with Crippen LogP contribution in [0.3, 0.4) is 0 Å². The molecule has 92 valence electrons. The quantitative estimate of drug-likeness (QED) is 0.662. The third kappa shape index (κ3) is 4.95. The van der Waals surface area contributed by atoms with Gasteiger partial charge in [-0.15, -0.1) is 0 Å². The molecule has 0 amide bonds. The summed E-state index contributed by atoms with van der Waals surface area (Å²) in [6, 6.07) is 0. The number of hydrogen-bond acceptors (Lipinski definition) is 3. The highest BCUT2D eigenvalue weighted by atomic mass is 32.2. The SMILES string of the molecule is CCC(CC)CNS(=O)(=O)C(CC)CN. The van der Waals surface area contributed by atoms with E-state index in [1.54, 1.807) is 0 Å². The first-order chi connectivity index (χ1) is 7.01. The van der Waals surface area contributed by atoms with Crippen LogP contribution in [0.4, 0.5) is 0 Å². The van der Waals surface area contributed by atoms with Crippen LogP contribution in [-0.2, 0) is 10.0 Å². The summed E-state index contributed by atoms with van der Waals surface area (Å²) in [5.74, 6) is 0.426. The topological polar surface area (TPSA) is 72.2 Å². The fourth-order valence-corrected chi connectivity index (χ4v) is 2.84. The zero-order valence-corrected chi connectivity index (χ0v) is 10.8. The molecule has 0 aliphatic rings. The van der Waals surface area contributed by atoms with E-state index in [-0.39, 0.29) is 6.54 Å². The van der Waals surface area contributed by atoms with Gasteiger partial charge in [0, 0.05) is 13.1 Å². The molecule has 0 spiro atoms. The molecule has 0 saturated carbocycles. The Kier molecular flexibility index (Phi) is 7.13. The number of nitrogens with one attached hydrogen (secondary N) is 1. The van der Waals surface area contributed by atoms with Crippen LogP contribution >= 0.6 is 0 Å². The molecule has 1 atom stereocenters. The Morgan fingerprint density at radius 1 is 1.13 bits per heavy atom. The molecule has 15 heavy (non-hydrogen) atoms. The van der Waals surface area contributed by atoms with Crippen LogP contribution in [0, 0.1) is 5.92 Å². The summed E-state index contributed by atoms with van der Waals surface area (Å²) in [6.45, 7) is 6.71. The van der Waals surface area contributed by atoms with E-state index in [2.05, 4.69) is 18.6 Å². The third-order valence-electron chi connectivity index (χ3n) is 2.88. The van der Waals surface area contributed by atoms with Gasteiger partial charge in [-0.2, -0.15) is 0 Å². The lowest BCUT2D eigenvalue weighted by Gasteiger charge is -2.17. The largest absolute Gasteiger partial charge is 0.329 e. The average Bonchev–Trinajstić information content (AvgIpc) is 2.20. The molecule has 0 aromatic carbocycles. The van der Waals surface area contributed by atoms with Gasteiger partial charge in [0.2, 0.25) is 10.0 Å². The van der Waals surface area contributed by atoms with E-state index in [0.29, 0.717) is 18.9 Å². The standard InChI is InChI=1S/C10H24N2O2S/c1-4-9(5-2)8-12-15(13,14)10(6-3)7-11/h9-10,12H,4-8,11H2,1-3H3. The molecule has 0 saturated heterocycles. The van der Waals surface area contributed by atoms with Gasteiger partial charge in [0.25, 0.3) is 0 Å². The van der Waals surface area contributed by atoms with E-state index in [4.69, 9.17) is 5.73 Å². The maximum absolute atomic E-state index is 11.7. The second kappa shape index (κ2) is 7.19. The van der Waals surface area contributed by atoms with E-state index in [0.717, 1.165) is 12.8 Å². The minimum Gasteiger partial charge on any atom is -0.329 e. The van der Waals surface area contributed by atoms with Gasteiger partial charge in [-0.1, -0.05) is 33.6 Å². The number of sulfonamides is 1. The molecule has 0 aliphatic heterocycles. The normalized spacial score (nSPS) is 14.5. The lowest BCUT2D eigenvalue weighted by molar-refractivity contribution is 0.475. The Hall–Kier alpha value is -0.130. The monoisotopic (exact) mass is 236 g/mol. The minimum atomic E-state index is -3.21. The zero-order chi connectivity index (χ0) is 11.9. The summed E-state index contributed by atoms with van der Waals surface area (Å²) in [4.78, 5) is 0. The Bertz CT molecular complexity index is 244. The lowest BCUT2D eigenvalue weighted by Crippen LogP contribution is -2.40. The van der Waals surface area contributed by atoms with Gasteiger partial charge in [0.05, 0.1) is 5.25 Å². The predicted octanol–water partition coefficient (Wildman–Crippen LogP) is 1.08. The van der Waals surface area contributed by atoms with E-state index < -0.39 is 15.3 Å². The molecule has 3 N–H and O–H groups in total. The highest BCUT2D eigenvalue weighted by Crippen LogP contribution is 2.08. The Morgan fingerprint density at radius 3 is 2.00 bits per heavy atom. The van der Waals surface area contributed by atoms with Gasteiger partial charge in [0.1, 0.15) is 0 Å². The number of rotatable bonds is 8. The van der Waals surface area contributed by atoms with Crippen LogP contribution in [0.1, 0.15) is 40.0 Å². The molecule has 4 nitrogen and oxygen atoms in total. The first kappa shape index (κ1) is 14.9. The van der Waals surface area contributed by atoms with E-state index in [1.165, 1.54) is 0 Å². The summed E-state index contributed by atoms with van der Waals surface area (Å²) in [5, 5.41) is -0.452. The van der Waals surface area contributed by atoms with Crippen LogP contribution < -0.4 is 10.5 Å². The van der Waals surface area contributed by atoms with E-state index in [1.807, 2.05) is 6.92 Å². The van der Waals surface area contributed by atoms with Crippen molar-refractivity contribution in [3.05, 3.63) is 0 Å². The van der Waals surface area contributed by atoms with Crippen molar-refractivity contribution < 1.29 is 8.42 Å². The van der Waals surface area contributed by atoms with Gasteiger partial charge in [0.15, 0.2) is 0 Å². The molecule has 5 heteroatoms.